The van der Waals surface area contributed by atoms with Crippen LogP contribution in [-0.4, -0.2) is 48.9 Å². The molecule has 6 nitrogen and oxygen atoms in total. The molecule has 1 fully saturated rings. The number of rotatable bonds is 9. The summed E-state index contributed by atoms with van der Waals surface area (Å²) < 4.78 is 26.4. The van der Waals surface area contributed by atoms with Crippen LogP contribution in [0.15, 0.2) is 96.6 Å². The number of esters is 1. The number of carbonyl (C=O) groups is 1. The molecule has 48 heavy (non-hydrogen) atoms. The quantitative estimate of drug-likeness (QED) is 0.124. The molecule has 2 aromatic carbocycles. The van der Waals surface area contributed by atoms with Gasteiger partial charge in [-0.1, -0.05) is 119 Å². The SMILES string of the molecule is C/C(=C\C=C\C(C)(O)CCc1ccccc1)[C@H]1OC(=O)C[C@H](O[Si](C)(C)C(C)(C)C)CC[C@@]2(C)OC(c3ccccc3)O[C@H]2/C=C/[C@@H]1C. The van der Waals surface area contributed by atoms with Crippen molar-refractivity contribution in [3.05, 3.63) is 108 Å². The fraction of sp³-hybridized carbons (Fsp3) is 0.537. The Labute approximate surface area is 290 Å². The maximum absolute atomic E-state index is 13.7. The van der Waals surface area contributed by atoms with Crippen LogP contribution in [0, 0.1) is 5.92 Å². The first-order valence-corrected chi connectivity index (χ1v) is 20.4. The van der Waals surface area contributed by atoms with E-state index in [1.54, 1.807) is 0 Å². The first kappa shape index (κ1) is 38.0. The molecule has 7 heteroatoms. The molecule has 2 unspecified atom stereocenters. The van der Waals surface area contributed by atoms with Gasteiger partial charge in [0.15, 0.2) is 14.6 Å². The Bertz CT molecular complexity index is 1420. The van der Waals surface area contributed by atoms with Crippen LogP contribution < -0.4 is 0 Å². The molecular formula is C41H58O6Si. The van der Waals surface area contributed by atoms with Gasteiger partial charge in [0.05, 0.1) is 23.7 Å². The van der Waals surface area contributed by atoms with Crippen LogP contribution in [0.25, 0.3) is 0 Å². The molecule has 0 radical (unpaired) electrons. The predicted molar refractivity (Wildman–Crippen MR) is 196 cm³/mol. The van der Waals surface area contributed by atoms with Gasteiger partial charge in [0.2, 0.25) is 0 Å². The average Bonchev–Trinajstić information content (AvgIpc) is 3.36. The van der Waals surface area contributed by atoms with E-state index < -0.39 is 31.9 Å². The summed E-state index contributed by atoms with van der Waals surface area (Å²) in [5.41, 5.74) is 1.48. The van der Waals surface area contributed by atoms with Gasteiger partial charge in [0.1, 0.15) is 12.2 Å². The maximum atomic E-state index is 13.7. The van der Waals surface area contributed by atoms with E-state index >= 15 is 0 Å². The van der Waals surface area contributed by atoms with Crippen LogP contribution in [0.2, 0.25) is 18.1 Å². The Kier molecular flexibility index (Phi) is 12.5. The van der Waals surface area contributed by atoms with E-state index in [4.69, 9.17) is 18.6 Å². The number of ether oxygens (including phenoxy) is 3. The van der Waals surface area contributed by atoms with Crippen molar-refractivity contribution in [2.24, 2.45) is 5.92 Å². The van der Waals surface area contributed by atoms with Crippen molar-refractivity contribution in [1.82, 2.24) is 0 Å². The predicted octanol–water partition coefficient (Wildman–Crippen LogP) is 9.42. The lowest BCUT2D eigenvalue weighted by molar-refractivity contribution is -0.151. The number of aryl methyl sites for hydroxylation is 1. The van der Waals surface area contributed by atoms with Gasteiger partial charge in [-0.05, 0) is 75.7 Å². The van der Waals surface area contributed by atoms with Crippen LogP contribution in [0.4, 0.5) is 0 Å². The van der Waals surface area contributed by atoms with Crippen molar-refractivity contribution in [3.8, 4) is 0 Å². The topological polar surface area (TPSA) is 74.2 Å². The first-order chi connectivity index (χ1) is 22.5. The average molecular weight is 675 g/mol. The molecule has 1 saturated heterocycles. The third-order valence-electron chi connectivity index (χ3n) is 10.3. The van der Waals surface area contributed by atoms with E-state index in [-0.39, 0.29) is 35.6 Å². The Morgan fingerprint density at radius 2 is 1.69 bits per heavy atom. The normalized spacial score (nSPS) is 29.8. The van der Waals surface area contributed by atoms with Crippen molar-refractivity contribution < 1.29 is 28.5 Å². The highest BCUT2D eigenvalue weighted by Gasteiger charge is 2.47. The summed E-state index contributed by atoms with van der Waals surface area (Å²) in [6.07, 6.45) is 11.1. The summed E-state index contributed by atoms with van der Waals surface area (Å²) in [4.78, 5) is 13.7. The van der Waals surface area contributed by atoms with Crippen molar-refractivity contribution in [2.45, 2.75) is 135 Å². The molecule has 0 amide bonds. The molecule has 0 aliphatic carbocycles. The highest BCUT2D eigenvalue weighted by atomic mass is 28.4. The molecule has 4 rings (SSSR count). The monoisotopic (exact) mass is 674 g/mol. The molecule has 2 aliphatic rings. The third-order valence-corrected chi connectivity index (χ3v) is 14.8. The lowest BCUT2D eigenvalue weighted by Crippen LogP contribution is -2.45. The molecule has 0 aromatic heterocycles. The van der Waals surface area contributed by atoms with Gasteiger partial charge in [-0.3, -0.25) is 4.79 Å². The molecular weight excluding hydrogens is 617 g/mol. The smallest absolute Gasteiger partial charge is 0.308 e. The van der Waals surface area contributed by atoms with Gasteiger partial charge in [-0.25, -0.2) is 0 Å². The van der Waals surface area contributed by atoms with Crippen molar-refractivity contribution in [3.63, 3.8) is 0 Å². The summed E-state index contributed by atoms with van der Waals surface area (Å²) in [6.45, 7) is 19.1. The number of aliphatic hydroxyl groups is 1. The van der Waals surface area contributed by atoms with Crippen LogP contribution in [-0.2, 0) is 29.9 Å². The Morgan fingerprint density at radius 3 is 2.33 bits per heavy atom. The fourth-order valence-corrected chi connectivity index (χ4v) is 7.45. The van der Waals surface area contributed by atoms with Crippen molar-refractivity contribution in [2.75, 3.05) is 0 Å². The summed E-state index contributed by atoms with van der Waals surface area (Å²) in [5.74, 6) is -0.413. The van der Waals surface area contributed by atoms with Crippen LogP contribution in [0.1, 0.15) is 91.6 Å². The summed E-state index contributed by atoms with van der Waals surface area (Å²) in [7, 11) is -2.19. The Balaban J connectivity index is 1.60. The van der Waals surface area contributed by atoms with E-state index in [2.05, 4.69) is 72.0 Å². The molecule has 2 aromatic rings. The number of cyclic esters (lactones) is 1. The Morgan fingerprint density at radius 1 is 1.04 bits per heavy atom. The van der Waals surface area contributed by atoms with Gasteiger partial charge >= 0.3 is 5.97 Å². The van der Waals surface area contributed by atoms with E-state index in [1.165, 1.54) is 5.56 Å². The highest BCUT2D eigenvalue weighted by molar-refractivity contribution is 6.74. The molecule has 2 heterocycles. The molecule has 262 valence electrons. The summed E-state index contributed by atoms with van der Waals surface area (Å²) in [6, 6.07) is 20.2. The minimum absolute atomic E-state index is 0.00779. The highest BCUT2D eigenvalue weighted by Crippen LogP contribution is 2.44. The third kappa shape index (κ3) is 10.3. The molecule has 7 atom stereocenters. The zero-order valence-electron chi connectivity index (χ0n) is 30.6. The van der Waals surface area contributed by atoms with Gasteiger partial charge in [-0.15, -0.1) is 0 Å². The van der Waals surface area contributed by atoms with Gasteiger partial charge in [-0.2, -0.15) is 0 Å². The number of allylic oxidation sites excluding steroid dienone is 2. The largest absolute Gasteiger partial charge is 0.457 e. The minimum atomic E-state index is -2.19. The molecule has 0 spiro atoms. The minimum Gasteiger partial charge on any atom is -0.457 e. The summed E-state index contributed by atoms with van der Waals surface area (Å²) >= 11 is 0. The van der Waals surface area contributed by atoms with Gasteiger partial charge in [0, 0.05) is 11.5 Å². The Hall–Kier alpha value is -2.81. The molecule has 0 bridgehead atoms. The lowest BCUT2D eigenvalue weighted by Gasteiger charge is -2.40. The number of hydrogen-bond acceptors (Lipinski definition) is 6. The molecule has 0 saturated carbocycles. The van der Waals surface area contributed by atoms with E-state index in [0.717, 1.165) is 17.6 Å². The number of hydrogen-bond donors (Lipinski definition) is 1. The molecule has 2 aliphatic heterocycles. The zero-order chi connectivity index (χ0) is 35.2. The zero-order valence-corrected chi connectivity index (χ0v) is 31.6. The lowest BCUT2D eigenvalue weighted by atomic mass is 9.89. The van der Waals surface area contributed by atoms with Gasteiger partial charge in [0.25, 0.3) is 0 Å². The maximum Gasteiger partial charge on any atom is 0.308 e. The van der Waals surface area contributed by atoms with E-state index in [0.29, 0.717) is 19.3 Å². The summed E-state index contributed by atoms with van der Waals surface area (Å²) in [5, 5.41) is 11.0. The number of fused-ring (bicyclic) bond motifs is 1. The van der Waals surface area contributed by atoms with Crippen LogP contribution in [0.3, 0.4) is 0 Å². The fourth-order valence-electron chi connectivity index (χ4n) is 6.06. The van der Waals surface area contributed by atoms with Crippen LogP contribution >= 0.6 is 0 Å². The first-order valence-electron chi connectivity index (χ1n) is 17.5. The van der Waals surface area contributed by atoms with E-state index in [9.17, 15) is 9.90 Å². The van der Waals surface area contributed by atoms with Crippen molar-refractivity contribution in [1.29, 1.82) is 0 Å². The van der Waals surface area contributed by atoms with E-state index in [1.807, 2.05) is 80.6 Å². The second kappa shape index (κ2) is 15.8. The number of carbonyl (C=O) groups excluding carboxylic acids is 1. The second-order valence-electron chi connectivity index (χ2n) is 15.7. The second-order valence-corrected chi connectivity index (χ2v) is 20.5. The number of benzene rings is 2. The molecule has 1 N–H and O–H groups in total. The van der Waals surface area contributed by atoms with Gasteiger partial charge < -0.3 is 23.7 Å². The van der Waals surface area contributed by atoms with Crippen LogP contribution in [0.5, 0.6) is 0 Å². The standard InChI is InChI=1S/C41H58O6Si/c1-30(17-16-26-40(6,43)27-24-32-18-12-10-13-19-32)37-31(2)22-23-35-41(7,46-38(44-35)33-20-14-11-15-21-33)28-25-34(29-36(42)45-37)47-48(8,9)39(3,4)5/h10-23,26,31,34-35,37-38,43H,24-25,27-29H2,1-9H3/b23-22+,26-16+,30-17+/t31-,34+,35-,37+,38?,40?,41+/m0/s1. The van der Waals surface area contributed by atoms with Crippen molar-refractivity contribution >= 4 is 14.3 Å².